The summed E-state index contributed by atoms with van der Waals surface area (Å²) in [6, 6.07) is 6.56. The molecule has 21 heteroatoms. The summed E-state index contributed by atoms with van der Waals surface area (Å²) < 4.78 is 14.1. The van der Waals surface area contributed by atoms with Gasteiger partial charge in [-0.3, -0.25) is 28.7 Å². The number of halogens is 1. The minimum atomic E-state index is -1.63. The van der Waals surface area contributed by atoms with Gasteiger partial charge in [0.15, 0.2) is 17.2 Å². The van der Waals surface area contributed by atoms with Gasteiger partial charge in [-0.2, -0.15) is 5.10 Å². The number of aromatic nitrogens is 3. The molecule has 4 aliphatic heterocycles. The maximum atomic E-state index is 14.7. The fourth-order valence-corrected chi connectivity index (χ4v) is 11.6. The largest absolute Gasteiger partial charge is 0.434 e. The maximum absolute atomic E-state index is 14.7. The lowest BCUT2D eigenvalue weighted by Gasteiger charge is -2.51. The maximum Gasteiger partial charge on any atom is 0.360 e. The highest BCUT2D eigenvalue weighted by Gasteiger charge is 2.56. The number of carbonyl (C=O) groups excluding carboxylic acids is 6. The summed E-state index contributed by atoms with van der Waals surface area (Å²) in [5.74, 6) is -4.38. The molecule has 0 aromatic carbocycles. The molecule has 3 aromatic rings. The predicted molar refractivity (Wildman–Crippen MR) is 246 cm³/mol. The third-order valence-corrected chi connectivity index (χ3v) is 15.3. The topological polar surface area (TPSA) is 259 Å². The van der Waals surface area contributed by atoms with Gasteiger partial charge in [-0.1, -0.05) is 16.8 Å². The van der Waals surface area contributed by atoms with Gasteiger partial charge in [0.25, 0.3) is 5.91 Å². The third kappa shape index (κ3) is 10.5. The Balaban J connectivity index is 1.19. The Morgan fingerprint density at radius 3 is 2.23 bits per heavy atom. The monoisotopic (exact) mass is 953 g/mol. The van der Waals surface area contributed by atoms with Crippen LogP contribution in [-0.4, -0.2) is 146 Å². The summed E-state index contributed by atoms with van der Waals surface area (Å²) in [5, 5.41) is 11.8. The van der Waals surface area contributed by atoms with Crippen molar-refractivity contribution in [3.05, 3.63) is 45.7 Å². The van der Waals surface area contributed by atoms with Crippen LogP contribution in [0.15, 0.2) is 28.8 Å². The molecule has 19 nitrogen and oxygen atoms in total. The molecule has 0 aliphatic carbocycles. The zero-order chi connectivity index (χ0) is 47.4. The van der Waals surface area contributed by atoms with E-state index in [9.17, 15) is 28.8 Å². The Morgan fingerprint density at radius 2 is 1.62 bits per heavy atom. The molecule has 0 spiro atoms. The first-order chi connectivity index (χ1) is 31.5. The van der Waals surface area contributed by atoms with Crippen LogP contribution >= 0.6 is 22.9 Å². The Bertz CT molecular complexity index is 2260. The van der Waals surface area contributed by atoms with Gasteiger partial charge < -0.3 is 51.4 Å². The Morgan fingerprint density at radius 1 is 0.939 bits per heavy atom. The molecule has 4 fully saturated rings. The molecule has 0 bridgehead atoms. The molecule has 66 heavy (non-hydrogen) atoms. The highest BCUT2D eigenvalue weighted by Crippen LogP contribution is 2.43. The van der Waals surface area contributed by atoms with E-state index in [1.165, 1.54) is 22.1 Å². The lowest BCUT2D eigenvalue weighted by molar-refractivity contribution is -0.188. The first kappa shape index (κ1) is 49.0. The van der Waals surface area contributed by atoms with Crippen LogP contribution in [0.3, 0.4) is 0 Å². The average Bonchev–Trinajstić information content (AvgIpc) is 4.15. The van der Waals surface area contributed by atoms with Crippen LogP contribution in [0.25, 0.3) is 10.6 Å². The fraction of sp³-hybridized carbons (Fsp3) is 0.644. The van der Waals surface area contributed by atoms with Crippen LogP contribution in [0.1, 0.15) is 106 Å². The number of nitrogens with zero attached hydrogens (tertiary/aromatic N) is 7. The number of carbonyl (C=O) groups is 6. The van der Waals surface area contributed by atoms with E-state index >= 15 is 0 Å². The van der Waals surface area contributed by atoms with Gasteiger partial charge in [0.05, 0.1) is 27.6 Å². The Kier molecular flexibility index (Phi) is 15.6. The molecular weight excluding hydrogens is 890 g/mol. The van der Waals surface area contributed by atoms with E-state index in [4.69, 9.17) is 38.1 Å². The zero-order valence-electron chi connectivity index (χ0n) is 38.3. The van der Waals surface area contributed by atoms with Gasteiger partial charge in [-0.05, 0) is 97.5 Å². The van der Waals surface area contributed by atoms with E-state index in [1.807, 2.05) is 18.7 Å². The molecule has 7 heterocycles. The summed E-state index contributed by atoms with van der Waals surface area (Å²) in [6.07, 6.45) is 3.33. The molecule has 6 atom stereocenters. The van der Waals surface area contributed by atoms with E-state index in [0.717, 1.165) is 11.4 Å². The number of amides is 5. The van der Waals surface area contributed by atoms with Crippen molar-refractivity contribution < 1.29 is 38.0 Å². The van der Waals surface area contributed by atoms with Gasteiger partial charge in [-0.25, -0.2) is 4.79 Å². The van der Waals surface area contributed by atoms with Gasteiger partial charge >= 0.3 is 5.97 Å². The van der Waals surface area contributed by atoms with Gasteiger partial charge in [0, 0.05) is 88.2 Å². The van der Waals surface area contributed by atoms with Gasteiger partial charge in [0.2, 0.25) is 23.6 Å². The van der Waals surface area contributed by atoms with Crippen molar-refractivity contribution in [2.75, 3.05) is 52.4 Å². The number of ether oxygens (including phenoxy) is 1. The SMILES string of the molecule is CC(C)N1CCC(C(CCNC(=O)c2cc(C(=O)OC(CCN)(C3CCN(C(C)C)CC3C(N)=O)N3CCCC3=O)nn2Cc2cc(-c3ccc(Cl)s3)on2)N2CCCC2=O)C(C(N)=O)C1. The standard InChI is InChI=1S/C45H64ClN11O8S/c1-26(2)53-19-12-29(30(24-53)41(48)60)34(55-17-5-7-39(55)58)11-16-50-43(62)35-22-33(51-57(35)23-28-21-36(65-52-28)37-9-10-38(46)66-37)44(63)64-45(14-15-47,56-18-6-8-40(56)59)32-13-20-54(27(3)4)25-31(32)42(49)61/h9-10,21-22,26-27,29-32,34H,5-8,11-20,23-25,47H2,1-4H3,(H2,48,60)(H2,49,61)(H,50,62). The highest BCUT2D eigenvalue weighted by atomic mass is 35.5. The number of hydrogen-bond acceptors (Lipinski definition) is 14. The number of rotatable bonds is 19. The van der Waals surface area contributed by atoms with Crippen molar-refractivity contribution in [1.82, 2.24) is 39.9 Å². The van der Waals surface area contributed by atoms with E-state index in [-0.39, 0.29) is 86.3 Å². The molecule has 4 saturated heterocycles. The quantitative estimate of drug-likeness (QED) is 0.126. The third-order valence-electron chi connectivity index (χ3n) is 14.1. The molecule has 7 N–H and O–H groups in total. The molecule has 3 aromatic heterocycles. The normalized spacial score (nSPS) is 23.5. The minimum absolute atomic E-state index is 0.00153. The lowest BCUT2D eigenvalue weighted by atomic mass is 9.74. The number of hydrogen-bond donors (Lipinski definition) is 4. The summed E-state index contributed by atoms with van der Waals surface area (Å²) in [7, 11) is 0. The minimum Gasteiger partial charge on any atom is -0.434 e. The van der Waals surface area contributed by atoms with Crippen LogP contribution in [-0.2, 0) is 30.5 Å². The second kappa shape index (κ2) is 21.0. The number of thiophene rings is 1. The highest BCUT2D eigenvalue weighted by molar-refractivity contribution is 7.19. The zero-order valence-corrected chi connectivity index (χ0v) is 39.9. The summed E-state index contributed by atoms with van der Waals surface area (Å²) in [6.45, 7) is 11.2. The number of esters is 1. The van der Waals surface area contributed by atoms with Crippen molar-refractivity contribution >= 4 is 58.4 Å². The van der Waals surface area contributed by atoms with Crippen LogP contribution in [0.5, 0.6) is 0 Å². The van der Waals surface area contributed by atoms with Crippen molar-refractivity contribution in [3.8, 4) is 10.6 Å². The molecular formula is C45H64ClN11O8S. The molecule has 360 valence electrons. The van der Waals surface area contributed by atoms with E-state index in [1.54, 1.807) is 23.1 Å². The first-order valence-electron chi connectivity index (χ1n) is 23.2. The van der Waals surface area contributed by atoms with E-state index < -0.39 is 47.2 Å². The summed E-state index contributed by atoms with van der Waals surface area (Å²) >= 11 is 7.50. The molecule has 7 rings (SSSR count). The first-order valence-corrected chi connectivity index (χ1v) is 24.4. The Hall–Kier alpha value is -4.89. The summed E-state index contributed by atoms with van der Waals surface area (Å²) in [5.41, 5.74) is 16.9. The van der Waals surface area contributed by atoms with Crippen molar-refractivity contribution in [1.29, 1.82) is 0 Å². The number of piperidine rings is 2. The molecule has 5 amide bonds. The smallest absolute Gasteiger partial charge is 0.360 e. The fourth-order valence-electron chi connectivity index (χ4n) is 10.6. The Labute approximate surface area is 394 Å². The van der Waals surface area contributed by atoms with Gasteiger partial charge in [0.1, 0.15) is 11.4 Å². The van der Waals surface area contributed by atoms with Crippen LogP contribution in [0, 0.1) is 23.7 Å². The average molecular weight is 955 g/mol. The van der Waals surface area contributed by atoms with E-state index in [2.05, 4.69) is 39.2 Å². The van der Waals surface area contributed by atoms with Crippen molar-refractivity contribution in [2.45, 2.75) is 109 Å². The predicted octanol–water partition coefficient (Wildman–Crippen LogP) is 2.90. The number of nitrogens with one attached hydrogen (secondary N) is 1. The molecule has 0 saturated carbocycles. The van der Waals surface area contributed by atoms with Crippen molar-refractivity contribution in [3.63, 3.8) is 0 Å². The number of primary amides is 2. The molecule has 4 aliphatic rings. The van der Waals surface area contributed by atoms with Crippen LogP contribution in [0.4, 0.5) is 0 Å². The van der Waals surface area contributed by atoms with Crippen molar-refractivity contribution in [2.24, 2.45) is 40.9 Å². The van der Waals surface area contributed by atoms with Crippen LogP contribution in [0.2, 0.25) is 4.34 Å². The van der Waals surface area contributed by atoms with Crippen LogP contribution < -0.4 is 22.5 Å². The lowest BCUT2D eigenvalue weighted by Crippen LogP contribution is -2.64. The van der Waals surface area contributed by atoms with E-state index in [0.29, 0.717) is 80.5 Å². The second-order valence-corrected chi connectivity index (χ2v) is 20.3. The molecule has 6 unspecified atom stereocenters. The summed E-state index contributed by atoms with van der Waals surface area (Å²) in [4.78, 5) is 90.5. The van der Waals surface area contributed by atoms with Gasteiger partial charge in [-0.15, -0.1) is 11.3 Å². The second-order valence-electron chi connectivity index (χ2n) is 18.6. The number of likely N-dealkylation sites (tertiary alicyclic amines) is 4. The number of nitrogens with two attached hydrogens (primary N) is 3. The molecule has 0 radical (unpaired) electrons.